The molecule has 84 valence electrons. The standard InChI is InChI=1S/C9H12ClN3S.ClH/c1-6-4-8(10)13-9(12-6)14-7-2-3-11-5-7;/h4,7,11H,2-3,5H2,1H3;1H/t7-;/m1./s1. The molecule has 0 unspecified atom stereocenters. The van der Waals surface area contributed by atoms with Crippen LogP contribution in [0.2, 0.25) is 5.15 Å². The molecule has 0 saturated carbocycles. The molecule has 1 aliphatic rings. The van der Waals surface area contributed by atoms with Crippen LogP contribution in [0.15, 0.2) is 11.2 Å². The molecule has 1 saturated heterocycles. The van der Waals surface area contributed by atoms with Gasteiger partial charge in [0.05, 0.1) is 0 Å². The number of nitrogens with one attached hydrogen (secondary N) is 1. The van der Waals surface area contributed by atoms with Gasteiger partial charge < -0.3 is 5.32 Å². The lowest BCUT2D eigenvalue weighted by atomic mass is 10.4. The quantitative estimate of drug-likeness (QED) is 0.658. The van der Waals surface area contributed by atoms with E-state index in [1.54, 1.807) is 17.8 Å². The van der Waals surface area contributed by atoms with E-state index >= 15 is 0 Å². The van der Waals surface area contributed by atoms with Crippen molar-refractivity contribution in [2.75, 3.05) is 13.1 Å². The highest BCUT2D eigenvalue weighted by Crippen LogP contribution is 2.24. The SMILES string of the molecule is Cc1cc(Cl)nc(S[C@@H]2CCNC2)n1.Cl. The Kier molecular flexibility index (Phi) is 5.12. The summed E-state index contributed by atoms with van der Waals surface area (Å²) >= 11 is 7.57. The molecule has 1 fully saturated rings. The first-order valence-electron chi connectivity index (χ1n) is 4.62. The molecular weight excluding hydrogens is 253 g/mol. The largest absolute Gasteiger partial charge is 0.316 e. The van der Waals surface area contributed by atoms with Gasteiger partial charge in [-0.2, -0.15) is 0 Å². The fourth-order valence-electron chi connectivity index (χ4n) is 1.43. The Labute approximate surface area is 105 Å². The van der Waals surface area contributed by atoms with Gasteiger partial charge in [-0.05, 0) is 26.0 Å². The second-order valence-corrected chi connectivity index (χ2v) is 5.00. The Bertz CT molecular complexity index is 309. The highest BCUT2D eigenvalue weighted by atomic mass is 35.5. The predicted molar refractivity (Wildman–Crippen MR) is 66.2 cm³/mol. The Morgan fingerprint density at radius 2 is 2.33 bits per heavy atom. The third-order valence-electron chi connectivity index (χ3n) is 2.09. The molecule has 0 amide bonds. The average Bonchev–Trinajstić information content (AvgIpc) is 2.54. The van der Waals surface area contributed by atoms with E-state index in [0.717, 1.165) is 23.9 Å². The van der Waals surface area contributed by atoms with Crippen LogP contribution in [-0.2, 0) is 0 Å². The number of hydrogen-bond donors (Lipinski definition) is 1. The van der Waals surface area contributed by atoms with Crippen LogP contribution < -0.4 is 5.32 Å². The Morgan fingerprint density at radius 3 is 2.93 bits per heavy atom. The summed E-state index contributed by atoms with van der Waals surface area (Å²) in [6.45, 7) is 4.07. The van der Waals surface area contributed by atoms with Crippen molar-refractivity contribution in [3.8, 4) is 0 Å². The summed E-state index contributed by atoms with van der Waals surface area (Å²) in [5.74, 6) is 0. The number of aromatic nitrogens is 2. The van der Waals surface area contributed by atoms with Gasteiger partial charge in [0.25, 0.3) is 0 Å². The number of aryl methyl sites for hydroxylation is 1. The van der Waals surface area contributed by atoms with Gasteiger partial charge in [-0.1, -0.05) is 23.4 Å². The minimum absolute atomic E-state index is 0. The van der Waals surface area contributed by atoms with Gasteiger partial charge in [0.2, 0.25) is 0 Å². The smallest absolute Gasteiger partial charge is 0.189 e. The zero-order chi connectivity index (χ0) is 9.97. The molecule has 1 N–H and O–H groups in total. The summed E-state index contributed by atoms with van der Waals surface area (Å²) in [6.07, 6.45) is 1.18. The third-order valence-corrected chi connectivity index (χ3v) is 3.41. The van der Waals surface area contributed by atoms with Crippen LogP contribution in [0.5, 0.6) is 0 Å². The third kappa shape index (κ3) is 3.79. The normalized spacial score (nSPS) is 20.0. The minimum Gasteiger partial charge on any atom is -0.316 e. The van der Waals surface area contributed by atoms with Gasteiger partial charge >= 0.3 is 0 Å². The Balaban J connectivity index is 0.00000112. The van der Waals surface area contributed by atoms with Crippen LogP contribution in [0.25, 0.3) is 0 Å². The number of thioether (sulfide) groups is 1. The van der Waals surface area contributed by atoms with Crippen molar-refractivity contribution in [1.82, 2.24) is 15.3 Å². The summed E-state index contributed by atoms with van der Waals surface area (Å²) in [6, 6.07) is 1.78. The van der Waals surface area contributed by atoms with Crippen molar-refractivity contribution < 1.29 is 0 Å². The van der Waals surface area contributed by atoms with E-state index in [1.165, 1.54) is 6.42 Å². The van der Waals surface area contributed by atoms with E-state index in [2.05, 4.69) is 15.3 Å². The maximum absolute atomic E-state index is 5.86. The van der Waals surface area contributed by atoms with Crippen LogP contribution in [0.3, 0.4) is 0 Å². The maximum Gasteiger partial charge on any atom is 0.189 e. The lowest BCUT2D eigenvalue weighted by molar-refractivity contribution is 0.857. The first-order chi connectivity index (χ1) is 6.74. The highest BCUT2D eigenvalue weighted by molar-refractivity contribution is 7.99. The zero-order valence-electron chi connectivity index (χ0n) is 8.36. The van der Waals surface area contributed by atoms with E-state index in [4.69, 9.17) is 11.6 Å². The summed E-state index contributed by atoms with van der Waals surface area (Å²) in [4.78, 5) is 8.52. The minimum atomic E-state index is 0. The van der Waals surface area contributed by atoms with Crippen LogP contribution in [-0.4, -0.2) is 28.3 Å². The average molecular weight is 266 g/mol. The first-order valence-corrected chi connectivity index (χ1v) is 5.88. The lowest BCUT2D eigenvalue weighted by Crippen LogP contribution is -2.10. The number of nitrogens with zero attached hydrogens (tertiary/aromatic N) is 2. The van der Waals surface area contributed by atoms with Gasteiger partial charge in [0, 0.05) is 17.5 Å². The molecule has 0 bridgehead atoms. The van der Waals surface area contributed by atoms with E-state index in [-0.39, 0.29) is 12.4 Å². The molecule has 1 atom stereocenters. The number of rotatable bonds is 2. The second kappa shape index (κ2) is 5.89. The fraction of sp³-hybridized carbons (Fsp3) is 0.556. The Hall–Kier alpha value is -0.0300. The molecule has 1 aromatic heterocycles. The van der Waals surface area contributed by atoms with E-state index in [0.29, 0.717) is 10.4 Å². The van der Waals surface area contributed by atoms with Crippen molar-refractivity contribution >= 4 is 35.8 Å². The van der Waals surface area contributed by atoms with Crippen molar-refractivity contribution in [3.05, 3.63) is 16.9 Å². The van der Waals surface area contributed by atoms with Crippen LogP contribution in [0, 0.1) is 6.92 Å². The van der Waals surface area contributed by atoms with Gasteiger partial charge in [0.1, 0.15) is 5.15 Å². The zero-order valence-corrected chi connectivity index (χ0v) is 10.8. The van der Waals surface area contributed by atoms with Gasteiger partial charge in [-0.25, -0.2) is 9.97 Å². The molecule has 0 spiro atoms. The summed E-state index contributed by atoms with van der Waals surface area (Å²) in [7, 11) is 0. The van der Waals surface area contributed by atoms with Gasteiger partial charge in [0.15, 0.2) is 5.16 Å². The molecule has 0 aromatic carbocycles. The summed E-state index contributed by atoms with van der Waals surface area (Å²) < 4.78 is 0. The highest BCUT2D eigenvalue weighted by Gasteiger charge is 2.17. The van der Waals surface area contributed by atoms with Gasteiger partial charge in [-0.3, -0.25) is 0 Å². The number of halogens is 2. The van der Waals surface area contributed by atoms with E-state index in [9.17, 15) is 0 Å². The molecule has 0 aliphatic carbocycles. The molecule has 1 aromatic rings. The van der Waals surface area contributed by atoms with E-state index in [1.807, 2.05) is 6.92 Å². The van der Waals surface area contributed by atoms with Crippen molar-refractivity contribution in [2.45, 2.75) is 23.8 Å². The Morgan fingerprint density at radius 1 is 1.53 bits per heavy atom. The molecule has 2 rings (SSSR count). The predicted octanol–water partition coefficient (Wildman–Crippen LogP) is 2.31. The van der Waals surface area contributed by atoms with E-state index < -0.39 is 0 Å². The molecular formula is C9H13Cl2N3S. The monoisotopic (exact) mass is 265 g/mol. The fourth-order valence-corrected chi connectivity index (χ4v) is 2.81. The molecule has 6 heteroatoms. The second-order valence-electron chi connectivity index (χ2n) is 3.35. The molecule has 0 radical (unpaired) electrons. The van der Waals surface area contributed by atoms with Crippen LogP contribution in [0.1, 0.15) is 12.1 Å². The molecule has 2 heterocycles. The van der Waals surface area contributed by atoms with Crippen molar-refractivity contribution in [1.29, 1.82) is 0 Å². The van der Waals surface area contributed by atoms with Gasteiger partial charge in [-0.15, -0.1) is 12.4 Å². The van der Waals surface area contributed by atoms with Crippen LogP contribution >= 0.6 is 35.8 Å². The topological polar surface area (TPSA) is 37.8 Å². The first kappa shape index (κ1) is 13.0. The summed E-state index contributed by atoms with van der Waals surface area (Å²) in [5.41, 5.74) is 0.929. The maximum atomic E-state index is 5.86. The van der Waals surface area contributed by atoms with Crippen molar-refractivity contribution in [2.24, 2.45) is 0 Å². The lowest BCUT2D eigenvalue weighted by Gasteiger charge is -2.06. The summed E-state index contributed by atoms with van der Waals surface area (Å²) in [5, 5.41) is 5.23. The number of hydrogen-bond acceptors (Lipinski definition) is 4. The molecule has 1 aliphatic heterocycles. The van der Waals surface area contributed by atoms with Crippen molar-refractivity contribution in [3.63, 3.8) is 0 Å². The molecule has 3 nitrogen and oxygen atoms in total. The molecule has 15 heavy (non-hydrogen) atoms. The van der Waals surface area contributed by atoms with Crippen LogP contribution in [0.4, 0.5) is 0 Å².